The van der Waals surface area contributed by atoms with Crippen molar-refractivity contribution in [3.05, 3.63) is 29.3 Å². The molecule has 5 heteroatoms. The van der Waals surface area contributed by atoms with E-state index in [0.29, 0.717) is 11.6 Å². The first-order valence-electron chi connectivity index (χ1n) is 7.25. The van der Waals surface area contributed by atoms with Crippen molar-refractivity contribution < 1.29 is 8.42 Å². The highest BCUT2D eigenvalue weighted by molar-refractivity contribution is 7.92. The van der Waals surface area contributed by atoms with Gasteiger partial charge in [0.15, 0.2) is 0 Å². The van der Waals surface area contributed by atoms with E-state index in [0.717, 1.165) is 43.5 Å². The Bertz CT molecular complexity index is 549. The van der Waals surface area contributed by atoms with E-state index < -0.39 is 10.0 Å². The first-order chi connectivity index (χ1) is 9.48. The molecule has 0 aliphatic carbocycles. The molecule has 2 rings (SSSR count). The van der Waals surface area contributed by atoms with Gasteiger partial charge in [-0.25, -0.2) is 8.42 Å². The van der Waals surface area contributed by atoms with Gasteiger partial charge in [0, 0.05) is 0 Å². The summed E-state index contributed by atoms with van der Waals surface area (Å²) in [6.45, 7) is 5.95. The number of aryl methyl sites for hydroxylation is 1. The zero-order valence-electron chi connectivity index (χ0n) is 12.3. The van der Waals surface area contributed by atoms with E-state index in [-0.39, 0.29) is 5.75 Å². The number of benzene rings is 1. The zero-order chi connectivity index (χ0) is 14.6. The predicted molar refractivity (Wildman–Crippen MR) is 83.5 cm³/mol. The smallest absolute Gasteiger partial charge is 0.232 e. The third-order valence-corrected chi connectivity index (χ3v) is 5.43. The van der Waals surface area contributed by atoms with Gasteiger partial charge in [0.25, 0.3) is 0 Å². The van der Waals surface area contributed by atoms with Crippen molar-refractivity contribution in [3.63, 3.8) is 0 Å². The van der Waals surface area contributed by atoms with Gasteiger partial charge >= 0.3 is 0 Å². The van der Waals surface area contributed by atoms with Crippen molar-refractivity contribution in [3.8, 4) is 0 Å². The summed E-state index contributed by atoms with van der Waals surface area (Å²) in [7, 11) is -3.24. The van der Waals surface area contributed by atoms with E-state index in [1.165, 1.54) is 0 Å². The highest BCUT2D eigenvalue weighted by Gasteiger charge is 2.18. The van der Waals surface area contributed by atoms with E-state index in [1.807, 2.05) is 32.0 Å². The summed E-state index contributed by atoms with van der Waals surface area (Å²) in [4.78, 5) is 0. The standard InChI is InChI=1S/C15H24N2O2S/c1-12-4-3-5-15(13(12)2)17-20(18,19)11-8-14-6-9-16-10-7-14/h3-5,14,16-17H,6-11H2,1-2H3. The van der Waals surface area contributed by atoms with E-state index in [4.69, 9.17) is 0 Å². The molecule has 1 fully saturated rings. The topological polar surface area (TPSA) is 58.2 Å². The summed E-state index contributed by atoms with van der Waals surface area (Å²) in [5, 5.41) is 3.30. The van der Waals surface area contributed by atoms with E-state index in [9.17, 15) is 8.42 Å². The van der Waals surface area contributed by atoms with E-state index >= 15 is 0 Å². The lowest BCUT2D eigenvalue weighted by atomic mass is 9.96. The summed E-state index contributed by atoms with van der Waals surface area (Å²) >= 11 is 0. The Morgan fingerprint density at radius 2 is 1.95 bits per heavy atom. The molecule has 0 bridgehead atoms. The van der Waals surface area contributed by atoms with Crippen LogP contribution in [-0.2, 0) is 10.0 Å². The van der Waals surface area contributed by atoms with Crippen molar-refractivity contribution in [2.45, 2.75) is 33.1 Å². The normalized spacial score (nSPS) is 17.1. The molecule has 0 aromatic heterocycles. The maximum Gasteiger partial charge on any atom is 0.232 e. The molecule has 112 valence electrons. The monoisotopic (exact) mass is 296 g/mol. The van der Waals surface area contributed by atoms with Gasteiger partial charge < -0.3 is 5.32 Å². The molecular formula is C15H24N2O2S. The molecule has 0 radical (unpaired) electrons. The number of anilines is 1. The molecule has 0 unspecified atom stereocenters. The summed E-state index contributed by atoms with van der Waals surface area (Å²) in [5.74, 6) is 0.747. The lowest BCUT2D eigenvalue weighted by Gasteiger charge is -2.22. The molecule has 1 aliphatic heterocycles. The van der Waals surface area contributed by atoms with Crippen molar-refractivity contribution in [2.24, 2.45) is 5.92 Å². The molecule has 1 saturated heterocycles. The second kappa shape index (κ2) is 6.59. The molecule has 1 aliphatic rings. The van der Waals surface area contributed by atoms with Crippen LogP contribution in [0.5, 0.6) is 0 Å². The number of hydrogen-bond donors (Lipinski definition) is 2. The Morgan fingerprint density at radius 3 is 2.65 bits per heavy atom. The lowest BCUT2D eigenvalue weighted by molar-refractivity contribution is 0.365. The number of piperidine rings is 1. The molecule has 0 amide bonds. The number of hydrogen-bond acceptors (Lipinski definition) is 3. The summed E-state index contributed by atoms with van der Waals surface area (Å²) in [6.07, 6.45) is 2.92. The zero-order valence-corrected chi connectivity index (χ0v) is 13.1. The van der Waals surface area contributed by atoms with Crippen molar-refractivity contribution in [1.82, 2.24) is 5.32 Å². The minimum atomic E-state index is -3.24. The molecule has 0 saturated carbocycles. The van der Waals surface area contributed by atoms with Gasteiger partial charge in [0.2, 0.25) is 10.0 Å². The first kappa shape index (κ1) is 15.3. The Morgan fingerprint density at radius 1 is 1.25 bits per heavy atom. The van der Waals surface area contributed by atoms with Crippen LogP contribution in [0.4, 0.5) is 5.69 Å². The third kappa shape index (κ3) is 4.21. The SMILES string of the molecule is Cc1cccc(NS(=O)(=O)CCC2CCNCC2)c1C. The van der Waals surface area contributed by atoms with Crippen molar-refractivity contribution in [2.75, 3.05) is 23.6 Å². The summed E-state index contributed by atoms with van der Waals surface area (Å²) in [5.41, 5.74) is 2.80. The predicted octanol–water partition coefficient (Wildman–Crippen LogP) is 2.43. The molecule has 0 atom stereocenters. The summed E-state index contributed by atoms with van der Waals surface area (Å²) in [6, 6.07) is 5.69. The van der Waals surface area contributed by atoms with Crippen LogP contribution in [0.25, 0.3) is 0 Å². The Hall–Kier alpha value is -1.07. The largest absolute Gasteiger partial charge is 0.317 e. The van der Waals surface area contributed by atoms with Crippen LogP contribution in [0, 0.1) is 19.8 Å². The second-order valence-corrected chi connectivity index (χ2v) is 7.49. The maximum absolute atomic E-state index is 12.2. The Kier molecular flexibility index (Phi) is 5.05. The van der Waals surface area contributed by atoms with Crippen LogP contribution in [0.2, 0.25) is 0 Å². The highest BCUT2D eigenvalue weighted by atomic mass is 32.2. The van der Waals surface area contributed by atoms with Gasteiger partial charge in [-0.05, 0) is 69.3 Å². The molecule has 0 spiro atoms. The molecular weight excluding hydrogens is 272 g/mol. The average Bonchev–Trinajstić information content (AvgIpc) is 2.43. The second-order valence-electron chi connectivity index (χ2n) is 5.65. The molecule has 1 aromatic rings. The fourth-order valence-electron chi connectivity index (χ4n) is 2.57. The van der Waals surface area contributed by atoms with Crippen LogP contribution in [-0.4, -0.2) is 27.3 Å². The van der Waals surface area contributed by atoms with Gasteiger partial charge in [-0.1, -0.05) is 12.1 Å². The maximum atomic E-state index is 12.2. The van der Waals surface area contributed by atoms with E-state index in [1.54, 1.807) is 0 Å². The molecule has 1 aromatic carbocycles. The molecule has 20 heavy (non-hydrogen) atoms. The summed E-state index contributed by atoms with van der Waals surface area (Å²) < 4.78 is 27.1. The van der Waals surface area contributed by atoms with Crippen molar-refractivity contribution >= 4 is 15.7 Å². The van der Waals surface area contributed by atoms with Gasteiger partial charge in [0.1, 0.15) is 0 Å². The van der Waals surface area contributed by atoms with Gasteiger partial charge in [-0.15, -0.1) is 0 Å². The van der Waals surface area contributed by atoms with Gasteiger partial charge in [-0.3, -0.25) is 4.72 Å². The molecule has 2 N–H and O–H groups in total. The molecule has 4 nitrogen and oxygen atoms in total. The number of sulfonamides is 1. The van der Waals surface area contributed by atoms with Crippen LogP contribution < -0.4 is 10.0 Å². The minimum Gasteiger partial charge on any atom is -0.317 e. The average molecular weight is 296 g/mol. The number of nitrogens with one attached hydrogen (secondary N) is 2. The Labute approximate surface area is 122 Å². The first-order valence-corrected chi connectivity index (χ1v) is 8.90. The quantitative estimate of drug-likeness (QED) is 0.877. The van der Waals surface area contributed by atoms with Gasteiger partial charge in [-0.2, -0.15) is 0 Å². The van der Waals surface area contributed by atoms with Crippen LogP contribution in [0.15, 0.2) is 18.2 Å². The fraction of sp³-hybridized carbons (Fsp3) is 0.600. The Balaban J connectivity index is 1.94. The van der Waals surface area contributed by atoms with Crippen LogP contribution in [0.1, 0.15) is 30.4 Å². The van der Waals surface area contributed by atoms with E-state index in [2.05, 4.69) is 10.0 Å². The van der Waals surface area contributed by atoms with Crippen molar-refractivity contribution in [1.29, 1.82) is 0 Å². The lowest BCUT2D eigenvalue weighted by Crippen LogP contribution is -2.29. The number of rotatable bonds is 5. The minimum absolute atomic E-state index is 0.213. The highest BCUT2D eigenvalue weighted by Crippen LogP contribution is 2.21. The van der Waals surface area contributed by atoms with Crippen LogP contribution >= 0.6 is 0 Å². The molecule has 1 heterocycles. The van der Waals surface area contributed by atoms with Crippen LogP contribution in [0.3, 0.4) is 0 Å². The van der Waals surface area contributed by atoms with Gasteiger partial charge in [0.05, 0.1) is 11.4 Å². The fourth-order valence-corrected chi connectivity index (χ4v) is 3.87. The third-order valence-electron chi connectivity index (χ3n) is 4.12.